The van der Waals surface area contributed by atoms with Crippen LogP contribution in [0.1, 0.15) is 79.3 Å². The van der Waals surface area contributed by atoms with Gasteiger partial charge >= 0.3 is 6.03 Å². The lowest BCUT2D eigenvalue weighted by Gasteiger charge is -2.16. The highest BCUT2D eigenvalue weighted by atomic mass is 32.2. The van der Waals surface area contributed by atoms with Crippen molar-refractivity contribution in [2.75, 3.05) is 17.2 Å². The van der Waals surface area contributed by atoms with Gasteiger partial charge in [-0.2, -0.15) is 0 Å². The third kappa shape index (κ3) is 7.29. The molecule has 1 heterocycles. The second-order valence-electron chi connectivity index (χ2n) is 12.1. The number of aryl methyl sites for hydroxylation is 4. The van der Waals surface area contributed by atoms with E-state index in [1.165, 1.54) is 55.0 Å². The second-order valence-corrected chi connectivity index (χ2v) is 13.8. The first-order chi connectivity index (χ1) is 21.3. The van der Waals surface area contributed by atoms with E-state index in [1.54, 1.807) is 10.7 Å². The molecule has 0 aliphatic heterocycles. The van der Waals surface area contributed by atoms with Gasteiger partial charge in [0.25, 0.3) is 10.0 Å². The summed E-state index contributed by atoms with van der Waals surface area (Å²) in [7, 11) is -4.17. The number of carbonyl (C=O) groups excluding carboxylic acids is 2. The molecule has 1 saturated carbocycles. The number of hydrogen-bond acceptors (Lipinski definition) is 7. The Kier molecular flexibility index (Phi) is 9.27. The maximum atomic E-state index is 13.1. The average molecular weight is 620 g/mol. The highest BCUT2D eigenvalue weighted by molar-refractivity contribution is 7.90. The molecule has 0 spiro atoms. The van der Waals surface area contributed by atoms with Gasteiger partial charge in [-0.05, 0) is 105 Å². The molecule has 0 unspecified atom stereocenters. The van der Waals surface area contributed by atoms with E-state index in [4.69, 9.17) is 0 Å². The number of benzene rings is 2. The van der Waals surface area contributed by atoms with Gasteiger partial charge in [-0.15, -0.1) is 5.10 Å². The lowest BCUT2D eigenvalue weighted by atomic mass is 9.99. The Labute approximate surface area is 258 Å². The number of amides is 3. The molecule has 234 valence electrons. The van der Waals surface area contributed by atoms with Crippen molar-refractivity contribution in [3.05, 3.63) is 64.5 Å². The van der Waals surface area contributed by atoms with E-state index in [0.717, 1.165) is 80.5 Å². The average Bonchev–Trinajstić information content (AvgIpc) is 3.82. The van der Waals surface area contributed by atoms with E-state index in [9.17, 15) is 18.0 Å². The fraction of sp³-hybridized carbons (Fsp3) is 0.500. The van der Waals surface area contributed by atoms with Crippen molar-refractivity contribution in [2.24, 2.45) is 0 Å². The Morgan fingerprint density at radius 3 is 2.43 bits per heavy atom. The highest BCUT2D eigenvalue weighted by Crippen LogP contribution is 2.38. The topological polar surface area (TPSA) is 147 Å². The van der Waals surface area contributed by atoms with Gasteiger partial charge < -0.3 is 16.0 Å². The molecule has 0 radical (unpaired) electrons. The summed E-state index contributed by atoms with van der Waals surface area (Å²) in [5.41, 5.74) is 6.58. The molecule has 0 saturated heterocycles. The van der Waals surface area contributed by atoms with Crippen molar-refractivity contribution in [3.63, 3.8) is 0 Å². The molecular weight excluding hydrogens is 578 g/mol. The maximum absolute atomic E-state index is 13.1. The zero-order valence-corrected chi connectivity index (χ0v) is 25.8. The molecule has 0 atom stereocenters. The number of aromatic nitrogens is 3. The number of nitrogens with one attached hydrogen (secondary N) is 4. The lowest BCUT2D eigenvalue weighted by Crippen LogP contribution is -2.35. The number of rotatable bonds is 12. The minimum atomic E-state index is -4.17. The minimum Gasteiger partial charge on any atom is -0.326 e. The SMILES string of the molecule is O=C(CCc1cn(CCCNC2CCCC2)nn1)Nc1cccc(S(=O)(=O)NC(=O)Nc2c3c(cc4c2CCC4)CCC3)c1. The van der Waals surface area contributed by atoms with Crippen LogP contribution in [0.2, 0.25) is 0 Å². The van der Waals surface area contributed by atoms with Crippen LogP contribution < -0.4 is 20.7 Å². The third-order valence-corrected chi connectivity index (χ3v) is 10.2. The predicted octanol–water partition coefficient (Wildman–Crippen LogP) is 4.26. The number of carbonyl (C=O) groups is 2. The van der Waals surface area contributed by atoms with Crippen LogP contribution in [0, 0.1) is 0 Å². The molecule has 3 amide bonds. The number of hydrogen-bond donors (Lipinski definition) is 4. The summed E-state index contributed by atoms with van der Waals surface area (Å²) in [6, 6.07) is 8.01. The van der Waals surface area contributed by atoms with Gasteiger partial charge in [0.15, 0.2) is 0 Å². The van der Waals surface area contributed by atoms with Crippen LogP contribution in [0.4, 0.5) is 16.2 Å². The van der Waals surface area contributed by atoms with Gasteiger partial charge in [0.1, 0.15) is 0 Å². The van der Waals surface area contributed by atoms with Crippen molar-refractivity contribution in [1.82, 2.24) is 25.0 Å². The van der Waals surface area contributed by atoms with Gasteiger partial charge in [0.2, 0.25) is 5.91 Å². The van der Waals surface area contributed by atoms with Gasteiger partial charge in [0, 0.05) is 43.0 Å². The molecule has 0 bridgehead atoms. The van der Waals surface area contributed by atoms with Crippen LogP contribution in [-0.2, 0) is 53.5 Å². The number of urea groups is 1. The van der Waals surface area contributed by atoms with Gasteiger partial charge in [-0.3, -0.25) is 9.48 Å². The summed E-state index contributed by atoms with van der Waals surface area (Å²) in [5.74, 6) is -0.271. The predicted molar refractivity (Wildman–Crippen MR) is 168 cm³/mol. The quantitative estimate of drug-likeness (QED) is 0.222. The van der Waals surface area contributed by atoms with Crippen LogP contribution in [0.25, 0.3) is 0 Å². The number of nitrogens with zero attached hydrogens (tertiary/aromatic N) is 3. The Balaban J connectivity index is 0.991. The van der Waals surface area contributed by atoms with E-state index in [-0.39, 0.29) is 17.2 Å². The second kappa shape index (κ2) is 13.5. The van der Waals surface area contributed by atoms with Crippen LogP contribution in [-0.4, -0.2) is 47.9 Å². The molecule has 11 nitrogen and oxygen atoms in total. The maximum Gasteiger partial charge on any atom is 0.333 e. The van der Waals surface area contributed by atoms with E-state index >= 15 is 0 Å². The summed E-state index contributed by atoms with van der Waals surface area (Å²) in [6.45, 7) is 1.72. The van der Waals surface area contributed by atoms with Crippen molar-refractivity contribution in [2.45, 2.75) is 101 Å². The molecule has 44 heavy (non-hydrogen) atoms. The standard InChI is InChI=1S/C32H41N7O4S/c40-30(16-15-26-21-39(38-36-26)18-6-17-33-24-9-1-2-10-24)34-25-11-5-12-27(20-25)44(42,43)37-32(41)35-31-28-13-3-7-22(28)19-23-8-4-14-29(23)31/h5,11-12,19-21,24,33H,1-4,6-10,13-18H2,(H,34,40)(H2,35,37,41). The molecule has 1 aromatic heterocycles. The van der Waals surface area contributed by atoms with Crippen molar-refractivity contribution >= 4 is 33.3 Å². The van der Waals surface area contributed by atoms with E-state index in [0.29, 0.717) is 18.2 Å². The lowest BCUT2D eigenvalue weighted by molar-refractivity contribution is -0.116. The molecular formula is C32H41N7O4S. The number of anilines is 2. The van der Waals surface area contributed by atoms with Crippen LogP contribution >= 0.6 is 0 Å². The first kappa shape index (κ1) is 30.3. The van der Waals surface area contributed by atoms with Gasteiger partial charge in [-0.25, -0.2) is 17.9 Å². The van der Waals surface area contributed by atoms with Crippen molar-refractivity contribution < 1.29 is 18.0 Å². The molecule has 3 aromatic rings. The molecule has 3 aliphatic carbocycles. The molecule has 6 rings (SSSR count). The molecule has 4 N–H and O–H groups in total. The summed E-state index contributed by atoms with van der Waals surface area (Å²) in [5, 5.41) is 17.6. The van der Waals surface area contributed by atoms with Crippen molar-refractivity contribution in [3.8, 4) is 0 Å². The monoisotopic (exact) mass is 619 g/mol. The first-order valence-electron chi connectivity index (χ1n) is 15.9. The third-order valence-electron chi connectivity index (χ3n) is 8.91. The van der Waals surface area contributed by atoms with E-state index in [1.807, 2.05) is 6.20 Å². The fourth-order valence-corrected chi connectivity index (χ4v) is 7.69. The molecule has 1 fully saturated rings. The van der Waals surface area contributed by atoms with E-state index in [2.05, 4.69) is 37.1 Å². The molecule has 3 aliphatic rings. The van der Waals surface area contributed by atoms with Crippen LogP contribution in [0.15, 0.2) is 41.4 Å². The summed E-state index contributed by atoms with van der Waals surface area (Å²) in [6.07, 6.45) is 14.4. The van der Waals surface area contributed by atoms with Gasteiger partial charge in [-0.1, -0.05) is 30.2 Å². The van der Waals surface area contributed by atoms with Crippen molar-refractivity contribution in [1.29, 1.82) is 0 Å². The number of fused-ring (bicyclic) bond motifs is 2. The minimum absolute atomic E-state index is 0.112. The van der Waals surface area contributed by atoms with E-state index < -0.39 is 16.1 Å². The highest BCUT2D eigenvalue weighted by Gasteiger charge is 2.26. The first-order valence-corrected chi connectivity index (χ1v) is 17.3. The van der Waals surface area contributed by atoms with Gasteiger partial charge in [0.05, 0.1) is 10.6 Å². The zero-order valence-electron chi connectivity index (χ0n) is 25.0. The normalized spacial score (nSPS) is 16.1. The van der Waals surface area contributed by atoms with Crippen LogP contribution in [0.3, 0.4) is 0 Å². The Hall–Kier alpha value is -3.77. The van der Waals surface area contributed by atoms with Crippen LogP contribution in [0.5, 0.6) is 0 Å². The fourth-order valence-electron chi connectivity index (χ4n) is 6.73. The largest absolute Gasteiger partial charge is 0.333 e. The Bertz CT molecular complexity index is 1600. The summed E-state index contributed by atoms with van der Waals surface area (Å²) < 4.78 is 30.2. The smallest absolute Gasteiger partial charge is 0.326 e. The summed E-state index contributed by atoms with van der Waals surface area (Å²) >= 11 is 0. The molecule has 2 aromatic carbocycles. The number of sulfonamides is 1. The molecule has 12 heteroatoms. The summed E-state index contributed by atoms with van der Waals surface area (Å²) in [4.78, 5) is 25.5. The zero-order chi connectivity index (χ0) is 30.5. The Morgan fingerprint density at radius 1 is 0.932 bits per heavy atom. The Morgan fingerprint density at radius 2 is 1.68 bits per heavy atom.